The van der Waals surface area contributed by atoms with Crippen molar-refractivity contribution in [2.45, 2.75) is 45.6 Å². The summed E-state index contributed by atoms with van der Waals surface area (Å²) in [5.74, 6) is 0.411. The minimum Gasteiger partial charge on any atom is -0.379 e. The largest absolute Gasteiger partial charge is 0.379 e. The zero-order chi connectivity index (χ0) is 19.6. The van der Waals surface area contributed by atoms with Crippen LogP contribution in [0.3, 0.4) is 0 Å². The summed E-state index contributed by atoms with van der Waals surface area (Å²) in [6.45, 7) is 6.63. The molecule has 0 atom stereocenters. The quantitative estimate of drug-likeness (QED) is 0.655. The Balaban J connectivity index is 1.63. The van der Waals surface area contributed by atoms with Gasteiger partial charge in [0.25, 0.3) is 0 Å². The molecule has 1 aliphatic rings. The molecule has 1 saturated heterocycles. The van der Waals surface area contributed by atoms with Gasteiger partial charge < -0.3 is 20.3 Å². The Morgan fingerprint density at radius 1 is 1.30 bits per heavy atom. The van der Waals surface area contributed by atoms with E-state index >= 15 is 0 Å². The molecule has 1 aromatic carbocycles. The van der Waals surface area contributed by atoms with Crippen LogP contribution in [0.2, 0.25) is 5.02 Å². The number of hydrogen-bond donors (Lipinski definition) is 2. The van der Waals surface area contributed by atoms with Crippen molar-refractivity contribution in [3.63, 3.8) is 0 Å². The predicted molar refractivity (Wildman–Crippen MR) is 108 cm³/mol. The number of urea groups is 1. The maximum absolute atomic E-state index is 12.3. The Morgan fingerprint density at radius 2 is 2.04 bits per heavy atom. The highest BCUT2D eigenvalue weighted by atomic mass is 35.5. The number of rotatable bonds is 8. The van der Waals surface area contributed by atoms with Crippen molar-refractivity contribution in [1.29, 1.82) is 0 Å². The fourth-order valence-corrected chi connectivity index (χ4v) is 3.25. The minimum absolute atomic E-state index is 0.0846. The maximum Gasteiger partial charge on any atom is 0.321 e. The van der Waals surface area contributed by atoms with Crippen molar-refractivity contribution in [2.75, 3.05) is 31.6 Å². The van der Waals surface area contributed by atoms with Crippen LogP contribution in [-0.2, 0) is 9.53 Å². The monoisotopic (exact) mass is 395 g/mol. The summed E-state index contributed by atoms with van der Waals surface area (Å²) in [5.41, 5.74) is 0.690. The van der Waals surface area contributed by atoms with Gasteiger partial charge in [-0.1, -0.05) is 17.7 Å². The van der Waals surface area contributed by atoms with Crippen LogP contribution in [0, 0.1) is 5.92 Å². The summed E-state index contributed by atoms with van der Waals surface area (Å²) < 4.78 is 5.45. The molecule has 7 heteroatoms. The minimum atomic E-state index is -0.120. The molecule has 0 aliphatic carbocycles. The van der Waals surface area contributed by atoms with E-state index in [4.69, 9.17) is 16.3 Å². The molecule has 1 aliphatic heterocycles. The number of likely N-dealkylation sites (tertiary alicyclic amines) is 1. The second-order valence-corrected chi connectivity index (χ2v) is 7.63. The normalized spacial score (nSPS) is 15.0. The van der Waals surface area contributed by atoms with E-state index in [1.807, 2.05) is 19.9 Å². The van der Waals surface area contributed by atoms with E-state index in [0.29, 0.717) is 49.3 Å². The number of nitrogens with one attached hydrogen (secondary N) is 2. The van der Waals surface area contributed by atoms with Gasteiger partial charge in [0.1, 0.15) is 0 Å². The van der Waals surface area contributed by atoms with Gasteiger partial charge in [-0.2, -0.15) is 0 Å². The molecule has 6 nitrogen and oxygen atoms in total. The van der Waals surface area contributed by atoms with Gasteiger partial charge >= 0.3 is 6.03 Å². The first-order chi connectivity index (χ1) is 12.9. The number of ether oxygens (including phenoxy) is 1. The second kappa shape index (κ2) is 11.1. The Kier molecular flexibility index (Phi) is 8.88. The first-order valence-corrected chi connectivity index (χ1v) is 10.0. The van der Waals surface area contributed by atoms with Crippen LogP contribution < -0.4 is 10.6 Å². The van der Waals surface area contributed by atoms with E-state index in [9.17, 15) is 9.59 Å². The van der Waals surface area contributed by atoms with Crippen molar-refractivity contribution < 1.29 is 14.3 Å². The molecule has 2 N–H and O–H groups in total. The van der Waals surface area contributed by atoms with Gasteiger partial charge in [-0.05, 0) is 57.2 Å². The SMILES string of the molecule is CC(C)OCCCNC(=O)CC1CCN(C(=O)Nc2cccc(Cl)c2)CC1. The van der Waals surface area contributed by atoms with Crippen LogP contribution in [0.1, 0.15) is 39.5 Å². The van der Waals surface area contributed by atoms with E-state index in [0.717, 1.165) is 19.3 Å². The second-order valence-electron chi connectivity index (χ2n) is 7.20. The summed E-state index contributed by atoms with van der Waals surface area (Å²) >= 11 is 5.94. The molecular formula is C20H30ClN3O3. The first kappa shape index (κ1) is 21.5. The molecule has 0 unspecified atom stereocenters. The number of benzene rings is 1. The number of carbonyl (C=O) groups is 2. The average molecular weight is 396 g/mol. The van der Waals surface area contributed by atoms with E-state index in [1.165, 1.54) is 0 Å². The molecule has 1 fully saturated rings. The molecule has 3 amide bonds. The number of nitrogens with zero attached hydrogens (tertiary/aromatic N) is 1. The lowest BCUT2D eigenvalue weighted by atomic mass is 9.93. The lowest BCUT2D eigenvalue weighted by Crippen LogP contribution is -2.42. The van der Waals surface area contributed by atoms with Crippen LogP contribution in [0.5, 0.6) is 0 Å². The van der Waals surface area contributed by atoms with Gasteiger partial charge in [-0.15, -0.1) is 0 Å². The lowest BCUT2D eigenvalue weighted by Gasteiger charge is -2.31. The molecule has 0 radical (unpaired) electrons. The molecule has 0 bridgehead atoms. The van der Waals surface area contributed by atoms with Crippen LogP contribution >= 0.6 is 11.6 Å². The third-order valence-corrected chi connectivity index (χ3v) is 4.78. The summed E-state index contributed by atoms with van der Waals surface area (Å²) in [4.78, 5) is 26.2. The van der Waals surface area contributed by atoms with Crippen LogP contribution in [-0.4, -0.2) is 49.2 Å². The molecule has 0 spiro atoms. The van der Waals surface area contributed by atoms with E-state index < -0.39 is 0 Å². The number of anilines is 1. The average Bonchev–Trinajstić information content (AvgIpc) is 2.61. The van der Waals surface area contributed by atoms with Crippen molar-refractivity contribution >= 4 is 29.2 Å². The Bertz CT molecular complexity index is 616. The third kappa shape index (κ3) is 8.18. The summed E-state index contributed by atoms with van der Waals surface area (Å²) in [6, 6.07) is 6.99. The van der Waals surface area contributed by atoms with Crippen molar-refractivity contribution in [3.05, 3.63) is 29.3 Å². The Hall–Kier alpha value is -1.79. The van der Waals surface area contributed by atoms with Crippen LogP contribution in [0.15, 0.2) is 24.3 Å². The van der Waals surface area contributed by atoms with E-state index in [1.54, 1.807) is 23.1 Å². The van der Waals surface area contributed by atoms with Crippen LogP contribution in [0.4, 0.5) is 10.5 Å². The van der Waals surface area contributed by atoms with Crippen LogP contribution in [0.25, 0.3) is 0 Å². The zero-order valence-corrected chi connectivity index (χ0v) is 16.9. The van der Waals surface area contributed by atoms with Gasteiger partial charge in [0, 0.05) is 43.4 Å². The van der Waals surface area contributed by atoms with Gasteiger partial charge in [0.2, 0.25) is 5.91 Å². The third-order valence-electron chi connectivity index (χ3n) is 4.55. The Morgan fingerprint density at radius 3 is 2.70 bits per heavy atom. The first-order valence-electron chi connectivity index (χ1n) is 9.64. The van der Waals surface area contributed by atoms with Crippen molar-refractivity contribution in [1.82, 2.24) is 10.2 Å². The van der Waals surface area contributed by atoms with Gasteiger partial charge in [-0.3, -0.25) is 4.79 Å². The molecule has 1 aromatic rings. The highest BCUT2D eigenvalue weighted by Crippen LogP contribution is 2.22. The van der Waals surface area contributed by atoms with Crippen molar-refractivity contribution in [2.24, 2.45) is 5.92 Å². The smallest absolute Gasteiger partial charge is 0.321 e. The molecule has 150 valence electrons. The summed E-state index contributed by atoms with van der Waals surface area (Å²) in [6.07, 6.45) is 3.25. The fourth-order valence-electron chi connectivity index (χ4n) is 3.06. The topological polar surface area (TPSA) is 70.7 Å². The molecule has 0 aromatic heterocycles. The number of hydrogen-bond acceptors (Lipinski definition) is 3. The number of amides is 3. The molecule has 0 saturated carbocycles. The summed E-state index contributed by atoms with van der Waals surface area (Å²) in [5, 5.41) is 6.41. The lowest BCUT2D eigenvalue weighted by molar-refractivity contribution is -0.122. The zero-order valence-electron chi connectivity index (χ0n) is 16.2. The van der Waals surface area contributed by atoms with Gasteiger partial charge in [0.05, 0.1) is 6.10 Å². The molecular weight excluding hydrogens is 366 g/mol. The Labute approximate surface area is 166 Å². The molecule has 27 heavy (non-hydrogen) atoms. The summed E-state index contributed by atoms with van der Waals surface area (Å²) in [7, 11) is 0. The highest BCUT2D eigenvalue weighted by Gasteiger charge is 2.24. The van der Waals surface area contributed by atoms with Gasteiger partial charge in [-0.25, -0.2) is 4.79 Å². The van der Waals surface area contributed by atoms with Gasteiger partial charge in [0.15, 0.2) is 0 Å². The van der Waals surface area contributed by atoms with E-state index in [2.05, 4.69) is 10.6 Å². The highest BCUT2D eigenvalue weighted by molar-refractivity contribution is 6.30. The fraction of sp³-hybridized carbons (Fsp3) is 0.600. The molecule has 2 rings (SSSR count). The predicted octanol–water partition coefficient (Wildman–Crippen LogP) is 3.91. The van der Waals surface area contributed by atoms with E-state index in [-0.39, 0.29) is 18.0 Å². The number of piperidine rings is 1. The maximum atomic E-state index is 12.3. The standard InChI is InChI=1S/C20H30ClN3O3/c1-15(2)27-12-4-9-22-19(25)13-16-7-10-24(11-8-16)20(26)23-18-6-3-5-17(21)14-18/h3,5-6,14-16H,4,7-13H2,1-2H3,(H,22,25)(H,23,26). The number of halogens is 1. The molecule has 1 heterocycles. The number of carbonyl (C=O) groups excluding carboxylic acids is 2. The van der Waals surface area contributed by atoms with Crippen molar-refractivity contribution in [3.8, 4) is 0 Å².